The van der Waals surface area contributed by atoms with E-state index in [1.807, 2.05) is 6.92 Å². The van der Waals surface area contributed by atoms with E-state index in [0.29, 0.717) is 18.9 Å². The Kier molecular flexibility index (Phi) is 6.20. The molecule has 0 radical (unpaired) electrons. The highest BCUT2D eigenvalue weighted by atomic mass is 32.2. The largest absolute Gasteiger partial charge is 0.494 e. The average molecular weight is 298 g/mol. The van der Waals surface area contributed by atoms with Crippen LogP contribution in [0.4, 0.5) is 0 Å². The first-order chi connectivity index (χ1) is 9.49. The summed E-state index contributed by atoms with van der Waals surface area (Å²) in [4.78, 5) is 11.4. The van der Waals surface area contributed by atoms with Gasteiger partial charge < -0.3 is 10.1 Å². The van der Waals surface area contributed by atoms with Gasteiger partial charge in [0.2, 0.25) is 15.9 Å². The SMILES string of the molecule is C=CCNC(=O)CNS(=O)(=O)c1ccc(OCC)cc1. The second kappa shape index (κ2) is 7.66. The molecule has 110 valence electrons. The first kappa shape index (κ1) is 16.2. The van der Waals surface area contributed by atoms with Crippen molar-refractivity contribution in [1.29, 1.82) is 0 Å². The van der Waals surface area contributed by atoms with Crippen molar-refractivity contribution in [2.24, 2.45) is 0 Å². The van der Waals surface area contributed by atoms with Gasteiger partial charge in [-0.05, 0) is 31.2 Å². The van der Waals surface area contributed by atoms with Gasteiger partial charge in [0.05, 0.1) is 18.0 Å². The molecule has 6 nitrogen and oxygen atoms in total. The summed E-state index contributed by atoms with van der Waals surface area (Å²) in [7, 11) is -3.70. The Morgan fingerprint density at radius 1 is 1.35 bits per heavy atom. The van der Waals surface area contributed by atoms with Crippen molar-refractivity contribution < 1.29 is 17.9 Å². The van der Waals surface area contributed by atoms with E-state index >= 15 is 0 Å². The Morgan fingerprint density at radius 3 is 2.55 bits per heavy atom. The topological polar surface area (TPSA) is 84.5 Å². The lowest BCUT2D eigenvalue weighted by Gasteiger charge is -2.08. The molecule has 0 spiro atoms. The summed E-state index contributed by atoms with van der Waals surface area (Å²) in [5.74, 6) is 0.176. The second-order valence-electron chi connectivity index (χ2n) is 3.82. The van der Waals surface area contributed by atoms with Crippen LogP contribution in [-0.4, -0.2) is 34.0 Å². The van der Waals surface area contributed by atoms with E-state index in [4.69, 9.17) is 4.74 Å². The normalized spacial score (nSPS) is 10.8. The number of carbonyl (C=O) groups is 1. The van der Waals surface area contributed by atoms with E-state index in [2.05, 4.69) is 16.6 Å². The van der Waals surface area contributed by atoms with Crippen molar-refractivity contribution in [1.82, 2.24) is 10.0 Å². The highest BCUT2D eigenvalue weighted by Crippen LogP contribution is 2.15. The molecule has 1 aromatic carbocycles. The third-order valence-electron chi connectivity index (χ3n) is 2.31. The van der Waals surface area contributed by atoms with Crippen LogP contribution in [0.25, 0.3) is 0 Å². The number of carbonyl (C=O) groups excluding carboxylic acids is 1. The molecule has 0 unspecified atom stereocenters. The van der Waals surface area contributed by atoms with Crippen LogP contribution < -0.4 is 14.8 Å². The zero-order valence-corrected chi connectivity index (χ0v) is 12.1. The Bertz CT molecular complexity index is 552. The van der Waals surface area contributed by atoms with Gasteiger partial charge in [0.25, 0.3) is 0 Å². The summed E-state index contributed by atoms with van der Waals surface area (Å²) in [5, 5.41) is 2.48. The Labute approximate surface area is 118 Å². The molecule has 1 rings (SSSR count). The fraction of sp³-hybridized carbons (Fsp3) is 0.308. The van der Waals surface area contributed by atoms with Crippen LogP contribution in [-0.2, 0) is 14.8 Å². The number of benzene rings is 1. The number of hydrogen-bond donors (Lipinski definition) is 2. The lowest BCUT2D eigenvalue weighted by molar-refractivity contribution is -0.119. The van der Waals surface area contributed by atoms with Gasteiger partial charge in [-0.1, -0.05) is 6.08 Å². The summed E-state index contributed by atoms with van der Waals surface area (Å²) in [5.41, 5.74) is 0. The van der Waals surface area contributed by atoms with Crippen LogP contribution >= 0.6 is 0 Å². The van der Waals surface area contributed by atoms with Crippen LogP contribution in [0.5, 0.6) is 5.75 Å². The predicted molar refractivity (Wildman–Crippen MR) is 76.0 cm³/mol. The van der Waals surface area contributed by atoms with Crippen LogP contribution in [0.15, 0.2) is 41.8 Å². The zero-order valence-electron chi connectivity index (χ0n) is 11.3. The highest BCUT2D eigenvalue weighted by Gasteiger charge is 2.15. The lowest BCUT2D eigenvalue weighted by atomic mass is 10.3. The third kappa shape index (κ3) is 5.02. The molecule has 0 bridgehead atoms. The maximum absolute atomic E-state index is 11.9. The Balaban J connectivity index is 2.64. The number of ether oxygens (including phenoxy) is 1. The summed E-state index contributed by atoms with van der Waals surface area (Å²) < 4.78 is 31.3. The fourth-order valence-corrected chi connectivity index (χ4v) is 2.36. The monoisotopic (exact) mass is 298 g/mol. The quantitative estimate of drug-likeness (QED) is 0.691. The molecular weight excluding hydrogens is 280 g/mol. The van der Waals surface area contributed by atoms with Crippen molar-refractivity contribution in [3.63, 3.8) is 0 Å². The maximum atomic E-state index is 11.9. The van der Waals surface area contributed by atoms with Gasteiger partial charge in [-0.3, -0.25) is 4.79 Å². The van der Waals surface area contributed by atoms with Crippen molar-refractivity contribution in [2.75, 3.05) is 19.7 Å². The number of sulfonamides is 1. The fourth-order valence-electron chi connectivity index (χ4n) is 1.37. The minimum atomic E-state index is -3.70. The van der Waals surface area contributed by atoms with E-state index in [1.165, 1.54) is 18.2 Å². The van der Waals surface area contributed by atoms with Gasteiger partial charge in [0, 0.05) is 6.54 Å². The van der Waals surface area contributed by atoms with Crippen LogP contribution in [0.3, 0.4) is 0 Å². The van der Waals surface area contributed by atoms with Crippen molar-refractivity contribution in [3.05, 3.63) is 36.9 Å². The third-order valence-corrected chi connectivity index (χ3v) is 3.73. The molecular formula is C13H18N2O4S. The molecule has 20 heavy (non-hydrogen) atoms. The van der Waals surface area contributed by atoms with Gasteiger partial charge in [-0.15, -0.1) is 6.58 Å². The van der Waals surface area contributed by atoms with Gasteiger partial charge in [0.1, 0.15) is 5.75 Å². The average Bonchev–Trinajstić information content (AvgIpc) is 2.44. The number of hydrogen-bond acceptors (Lipinski definition) is 4. The number of rotatable bonds is 8. The molecule has 0 saturated carbocycles. The Hall–Kier alpha value is -1.86. The molecule has 0 aliphatic heterocycles. The minimum absolute atomic E-state index is 0.0810. The molecule has 1 aromatic rings. The molecule has 0 aliphatic rings. The molecule has 0 fully saturated rings. The van der Waals surface area contributed by atoms with E-state index in [1.54, 1.807) is 12.1 Å². The Morgan fingerprint density at radius 2 is 2.00 bits per heavy atom. The number of amides is 1. The first-order valence-electron chi connectivity index (χ1n) is 6.09. The van der Waals surface area contributed by atoms with E-state index in [0.717, 1.165) is 0 Å². The molecule has 0 atom stereocenters. The van der Waals surface area contributed by atoms with Crippen molar-refractivity contribution in [3.8, 4) is 5.75 Å². The van der Waals surface area contributed by atoms with Crippen molar-refractivity contribution >= 4 is 15.9 Å². The smallest absolute Gasteiger partial charge is 0.241 e. The van der Waals surface area contributed by atoms with E-state index in [9.17, 15) is 13.2 Å². The van der Waals surface area contributed by atoms with Gasteiger partial charge in [-0.2, -0.15) is 0 Å². The standard InChI is InChI=1S/C13H18N2O4S/c1-3-9-14-13(16)10-15-20(17,18)12-7-5-11(6-8-12)19-4-2/h3,5-8,15H,1,4,9-10H2,2H3,(H,14,16). The second-order valence-corrected chi connectivity index (χ2v) is 5.59. The summed E-state index contributed by atoms with van der Waals surface area (Å²) >= 11 is 0. The molecule has 0 aromatic heterocycles. The predicted octanol–water partition coefficient (Wildman–Crippen LogP) is 0.666. The zero-order chi connectivity index (χ0) is 15.0. The number of nitrogens with one attached hydrogen (secondary N) is 2. The molecule has 1 amide bonds. The molecule has 0 aliphatic carbocycles. The van der Waals surface area contributed by atoms with Gasteiger partial charge >= 0.3 is 0 Å². The summed E-state index contributed by atoms with van der Waals surface area (Å²) in [6.07, 6.45) is 1.51. The summed E-state index contributed by atoms with van der Waals surface area (Å²) in [6, 6.07) is 5.98. The highest BCUT2D eigenvalue weighted by molar-refractivity contribution is 7.89. The molecule has 7 heteroatoms. The lowest BCUT2D eigenvalue weighted by Crippen LogP contribution is -2.36. The van der Waals surface area contributed by atoms with Crippen LogP contribution in [0, 0.1) is 0 Å². The first-order valence-corrected chi connectivity index (χ1v) is 7.58. The van der Waals surface area contributed by atoms with E-state index in [-0.39, 0.29) is 11.4 Å². The summed E-state index contributed by atoms with van der Waals surface area (Å²) in [6.45, 7) is 5.78. The molecule has 0 saturated heterocycles. The minimum Gasteiger partial charge on any atom is -0.494 e. The van der Waals surface area contributed by atoms with Crippen LogP contribution in [0.1, 0.15) is 6.92 Å². The molecule has 2 N–H and O–H groups in total. The van der Waals surface area contributed by atoms with Gasteiger partial charge in [0.15, 0.2) is 0 Å². The van der Waals surface area contributed by atoms with E-state index < -0.39 is 15.9 Å². The molecule has 0 heterocycles. The van der Waals surface area contributed by atoms with Crippen molar-refractivity contribution in [2.45, 2.75) is 11.8 Å². The van der Waals surface area contributed by atoms with Crippen LogP contribution in [0.2, 0.25) is 0 Å². The van der Waals surface area contributed by atoms with Gasteiger partial charge in [-0.25, -0.2) is 13.1 Å². The maximum Gasteiger partial charge on any atom is 0.241 e.